The number of anilines is 2. The first kappa shape index (κ1) is 15.0. The lowest BCUT2D eigenvalue weighted by molar-refractivity contribution is 0.0697. The number of nitrogens with two attached hydrogens (primary N) is 1. The van der Waals surface area contributed by atoms with Gasteiger partial charge in [0.05, 0.1) is 27.0 Å². The van der Waals surface area contributed by atoms with Gasteiger partial charge in [0.25, 0.3) is 5.91 Å². The van der Waals surface area contributed by atoms with E-state index in [0.717, 1.165) is 0 Å². The van der Waals surface area contributed by atoms with Crippen LogP contribution in [-0.4, -0.2) is 17.0 Å². The van der Waals surface area contributed by atoms with Crippen molar-refractivity contribution < 1.29 is 19.1 Å². The maximum Gasteiger partial charge on any atom is 0.335 e. The SMILES string of the molecule is Nc1cc(C(=O)O)ccc1NC(=O)c1cccc(F)c1Br. The molecular weight excluding hydrogens is 343 g/mol. The Hall–Kier alpha value is -2.41. The molecule has 4 N–H and O–H groups in total. The zero-order valence-electron chi connectivity index (χ0n) is 10.6. The summed E-state index contributed by atoms with van der Waals surface area (Å²) >= 11 is 3.00. The predicted molar refractivity (Wildman–Crippen MR) is 79.9 cm³/mol. The Morgan fingerprint density at radius 1 is 1.24 bits per heavy atom. The van der Waals surface area contributed by atoms with E-state index in [2.05, 4.69) is 21.2 Å². The summed E-state index contributed by atoms with van der Waals surface area (Å²) < 4.78 is 13.4. The van der Waals surface area contributed by atoms with Gasteiger partial charge in [0.2, 0.25) is 0 Å². The number of carboxylic acid groups (broad SMARTS) is 1. The second-order valence-electron chi connectivity index (χ2n) is 4.16. The molecule has 0 heterocycles. The zero-order chi connectivity index (χ0) is 15.6. The minimum Gasteiger partial charge on any atom is -0.478 e. The molecule has 2 rings (SSSR count). The molecule has 5 nitrogen and oxygen atoms in total. The van der Waals surface area contributed by atoms with Crippen LogP contribution in [0.25, 0.3) is 0 Å². The molecule has 7 heteroatoms. The highest BCUT2D eigenvalue weighted by molar-refractivity contribution is 9.10. The fraction of sp³-hybridized carbons (Fsp3) is 0. The van der Waals surface area contributed by atoms with Gasteiger partial charge in [-0.25, -0.2) is 9.18 Å². The molecule has 0 bridgehead atoms. The van der Waals surface area contributed by atoms with Crippen molar-refractivity contribution in [2.24, 2.45) is 0 Å². The monoisotopic (exact) mass is 352 g/mol. The van der Waals surface area contributed by atoms with Gasteiger partial charge >= 0.3 is 5.97 Å². The lowest BCUT2D eigenvalue weighted by Gasteiger charge is -2.10. The van der Waals surface area contributed by atoms with Crippen LogP contribution in [0.3, 0.4) is 0 Å². The Balaban J connectivity index is 2.28. The quantitative estimate of drug-likeness (QED) is 0.740. The molecule has 0 aliphatic rings. The van der Waals surface area contributed by atoms with Crippen molar-refractivity contribution in [2.75, 3.05) is 11.1 Å². The first-order valence-corrected chi connectivity index (χ1v) is 6.57. The highest BCUT2D eigenvalue weighted by atomic mass is 79.9. The first-order valence-electron chi connectivity index (χ1n) is 5.78. The third kappa shape index (κ3) is 3.19. The Kier molecular flexibility index (Phi) is 4.23. The molecule has 0 aromatic heterocycles. The van der Waals surface area contributed by atoms with Gasteiger partial charge < -0.3 is 16.2 Å². The second kappa shape index (κ2) is 5.92. The number of aromatic carboxylic acids is 1. The number of nitrogen functional groups attached to an aromatic ring is 1. The minimum absolute atomic E-state index is 0.0115. The molecule has 0 saturated heterocycles. The first-order chi connectivity index (χ1) is 9.90. The van der Waals surface area contributed by atoms with Crippen LogP contribution in [0.1, 0.15) is 20.7 Å². The minimum atomic E-state index is -1.12. The standard InChI is InChI=1S/C14H10BrFN2O3/c15-12-8(2-1-3-9(12)16)13(19)18-11-5-4-7(14(20)21)6-10(11)17/h1-6H,17H2,(H,18,19)(H,20,21). The predicted octanol–water partition coefficient (Wildman–Crippen LogP) is 3.12. The molecule has 108 valence electrons. The van der Waals surface area contributed by atoms with E-state index in [1.807, 2.05) is 0 Å². The van der Waals surface area contributed by atoms with Crippen molar-refractivity contribution in [3.63, 3.8) is 0 Å². The van der Waals surface area contributed by atoms with Crippen molar-refractivity contribution >= 4 is 39.2 Å². The van der Waals surface area contributed by atoms with Gasteiger partial charge in [-0.15, -0.1) is 0 Å². The highest BCUT2D eigenvalue weighted by Crippen LogP contribution is 2.24. The number of carbonyl (C=O) groups excluding carboxylic acids is 1. The van der Waals surface area contributed by atoms with E-state index in [0.29, 0.717) is 0 Å². The smallest absolute Gasteiger partial charge is 0.335 e. The van der Waals surface area contributed by atoms with Gasteiger partial charge in [0.15, 0.2) is 0 Å². The molecule has 1 amide bonds. The van der Waals surface area contributed by atoms with Crippen LogP contribution in [-0.2, 0) is 0 Å². The molecule has 0 atom stereocenters. The largest absolute Gasteiger partial charge is 0.478 e. The summed E-state index contributed by atoms with van der Waals surface area (Å²) in [6.07, 6.45) is 0. The van der Waals surface area contributed by atoms with Crippen molar-refractivity contribution in [3.8, 4) is 0 Å². The molecule has 2 aromatic carbocycles. The Morgan fingerprint density at radius 3 is 2.57 bits per heavy atom. The summed E-state index contributed by atoms with van der Waals surface area (Å²) in [6.45, 7) is 0. The van der Waals surface area contributed by atoms with Gasteiger partial charge in [-0.1, -0.05) is 6.07 Å². The normalized spacial score (nSPS) is 10.2. The Morgan fingerprint density at radius 2 is 1.95 bits per heavy atom. The third-order valence-electron chi connectivity index (χ3n) is 2.74. The van der Waals surface area contributed by atoms with E-state index in [-0.39, 0.29) is 27.0 Å². The average molecular weight is 353 g/mol. The average Bonchev–Trinajstić information content (AvgIpc) is 2.43. The van der Waals surface area contributed by atoms with Gasteiger partial charge in [-0.05, 0) is 46.3 Å². The summed E-state index contributed by atoms with van der Waals surface area (Å²) in [5, 5.41) is 11.3. The number of amides is 1. The van der Waals surface area contributed by atoms with Crippen molar-refractivity contribution in [1.82, 2.24) is 0 Å². The van der Waals surface area contributed by atoms with E-state index in [9.17, 15) is 14.0 Å². The van der Waals surface area contributed by atoms with Crippen LogP contribution < -0.4 is 11.1 Å². The zero-order valence-corrected chi connectivity index (χ0v) is 12.1. The van der Waals surface area contributed by atoms with Crippen molar-refractivity contribution in [3.05, 3.63) is 57.8 Å². The Bertz CT molecular complexity index is 734. The molecule has 0 aliphatic heterocycles. The van der Waals surface area contributed by atoms with Crippen molar-refractivity contribution in [1.29, 1.82) is 0 Å². The maximum atomic E-state index is 13.4. The van der Waals surface area contributed by atoms with Gasteiger partial charge in [-0.2, -0.15) is 0 Å². The summed E-state index contributed by atoms with van der Waals surface area (Å²) in [6, 6.07) is 8.00. The molecule has 0 saturated carbocycles. The fourth-order valence-electron chi connectivity index (χ4n) is 1.68. The summed E-state index contributed by atoms with van der Waals surface area (Å²) in [4.78, 5) is 22.9. The van der Waals surface area contributed by atoms with Crippen LogP contribution in [0.4, 0.5) is 15.8 Å². The number of nitrogens with one attached hydrogen (secondary N) is 1. The van der Waals surface area contributed by atoms with Gasteiger partial charge in [0, 0.05) is 0 Å². The summed E-state index contributed by atoms with van der Waals surface area (Å²) in [5.74, 6) is -2.24. The number of rotatable bonds is 3. The van der Waals surface area contributed by atoms with Gasteiger partial charge in [-0.3, -0.25) is 4.79 Å². The molecular formula is C14H10BrFN2O3. The second-order valence-corrected chi connectivity index (χ2v) is 4.96. The third-order valence-corrected chi connectivity index (χ3v) is 3.55. The van der Waals surface area contributed by atoms with E-state index >= 15 is 0 Å². The van der Waals surface area contributed by atoms with Crippen LogP contribution in [0.5, 0.6) is 0 Å². The summed E-state index contributed by atoms with van der Waals surface area (Å²) in [7, 11) is 0. The number of hydrogen-bond acceptors (Lipinski definition) is 3. The number of halogens is 2. The number of carboxylic acids is 1. The summed E-state index contributed by atoms with van der Waals surface area (Å²) in [5.41, 5.74) is 6.17. The fourth-order valence-corrected chi connectivity index (χ4v) is 2.12. The molecule has 0 unspecified atom stereocenters. The van der Waals surface area contributed by atoms with Crippen LogP contribution in [0, 0.1) is 5.82 Å². The number of hydrogen-bond donors (Lipinski definition) is 3. The van der Waals surface area contributed by atoms with E-state index in [1.54, 1.807) is 0 Å². The molecule has 0 radical (unpaired) electrons. The molecule has 0 spiro atoms. The topological polar surface area (TPSA) is 92.4 Å². The number of carbonyl (C=O) groups is 2. The highest BCUT2D eigenvalue weighted by Gasteiger charge is 2.15. The number of benzene rings is 2. The van der Waals surface area contributed by atoms with E-state index in [4.69, 9.17) is 10.8 Å². The van der Waals surface area contributed by atoms with Gasteiger partial charge in [0.1, 0.15) is 5.82 Å². The lowest BCUT2D eigenvalue weighted by atomic mass is 10.1. The van der Waals surface area contributed by atoms with Crippen LogP contribution in [0.2, 0.25) is 0 Å². The maximum absolute atomic E-state index is 13.4. The lowest BCUT2D eigenvalue weighted by Crippen LogP contribution is -2.14. The Labute approximate surface area is 127 Å². The van der Waals surface area contributed by atoms with E-state index < -0.39 is 17.7 Å². The van der Waals surface area contributed by atoms with Crippen molar-refractivity contribution in [2.45, 2.75) is 0 Å². The molecule has 0 fully saturated rings. The van der Waals surface area contributed by atoms with Crippen LogP contribution in [0.15, 0.2) is 40.9 Å². The molecule has 2 aromatic rings. The van der Waals surface area contributed by atoms with Crippen LogP contribution >= 0.6 is 15.9 Å². The molecule has 21 heavy (non-hydrogen) atoms. The van der Waals surface area contributed by atoms with E-state index in [1.165, 1.54) is 36.4 Å². The molecule has 0 aliphatic carbocycles.